The van der Waals surface area contributed by atoms with Crippen LogP contribution in [0.4, 0.5) is 5.69 Å². The van der Waals surface area contributed by atoms with E-state index in [1.165, 1.54) is 0 Å². The minimum atomic E-state index is -0.302. The fraction of sp³-hybridized carbons (Fsp3) is 0.231. The Balaban J connectivity index is 2.26. The van der Waals surface area contributed by atoms with Crippen molar-refractivity contribution in [3.8, 4) is 0 Å². The first-order valence-electron chi connectivity index (χ1n) is 5.55. The predicted octanol–water partition coefficient (Wildman–Crippen LogP) is 1.91. The van der Waals surface area contributed by atoms with Crippen LogP contribution in [0.15, 0.2) is 36.5 Å². The quantitative estimate of drug-likeness (QED) is 0.841. The molecule has 0 saturated carbocycles. The second-order valence-corrected chi connectivity index (χ2v) is 4.09. The van der Waals surface area contributed by atoms with E-state index in [9.17, 15) is 4.79 Å². The number of nitrogens with zero attached hydrogens (tertiary/aromatic N) is 1. The number of amides is 1. The molecule has 1 aromatic heterocycles. The summed E-state index contributed by atoms with van der Waals surface area (Å²) in [4.78, 5) is 15.1. The summed E-state index contributed by atoms with van der Waals surface area (Å²) in [5.41, 5.74) is 7.08. The maximum atomic E-state index is 10.8. The minimum Gasteiger partial charge on any atom is -0.381 e. The Labute approximate surface area is 99.8 Å². The number of primary amides is 1. The summed E-state index contributed by atoms with van der Waals surface area (Å²) in [7, 11) is 0. The lowest BCUT2D eigenvalue weighted by Crippen LogP contribution is -2.24. The maximum Gasteiger partial charge on any atom is 0.219 e. The van der Waals surface area contributed by atoms with Gasteiger partial charge in [0, 0.05) is 29.7 Å². The van der Waals surface area contributed by atoms with E-state index in [2.05, 4.69) is 10.3 Å². The van der Waals surface area contributed by atoms with E-state index in [4.69, 9.17) is 5.73 Å². The van der Waals surface area contributed by atoms with Crippen LogP contribution < -0.4 is 11.1 Å². The molecule has 4 heteroatoms. The van der Waals surface area contributed by atoms with E-state index >= 15 is 0 Å². The number of anilines is 1. The van der Waals surface area contributed by atoms with Crippen LogP contribution in [0.25, 0.3) is 10.9 Å². The number of hydrogen-bond donors (Lipinski definition) is 2. The Morgan fingerprint density at radius 1 is 1.41 bits per heavy atom. The number of hydrogen-bond acceptors (Lipinski definition) is 3. The van der Waals surface area contributed by atoms with E-state index in [0.29, 0.717) is 6.42 Å². The number of para-hydroxylation sites is 1. The number of fused-ring (bicyclic) bond motifs is 1. The number of carbonyl (C=O) groups excluding carboxylic acids is 1. The van der Waals surface area contributed by atoms with Crippen molar-refractivity contribution in [2.24, 2.45) is 5.73 Å². The zero-order chi connectivity index (χ0) is 12.3. The van der Waals surface area contributed by atoms with Crippen molar-refractivity contribution >= 4 is 22.5 Å². The third-order valence-corrected chi connectivity index (χ3v) is 2.56. The van der Waals surface area contributed by atoms with E-state index in [1.54, 1.807) is 6.20 Å². The summed E-state index contributed by atoms with van der Waals surface area (Å²) in [6.07, 6.45) is 2.07. The van der Waals surface area contributed by atoms with Gasteiger partial charge >= 0.3 is 0 Å². The lowest BCUT2D eigenvalue weighted by atomic mass is 10.1. The summed E-state index contributed by atoms with van der Waals surface area (Å²) in [5.74, 6) is -0.302. The second kappa shape index (κ2) is 4.82. The first-order chi connectivity index (χ1) is 8.16. The third kappa shape index (κ3) is 2.72. The van der Waals surface area contributed by atoms with Crippen molar-refractivity contribution in [3.05, 3.63) is 36.5 Å². The Morgan fingerprint density at radius 2 is 2.18 bits per heavy atom. The molecule has 0 bridgehead atoms. The van der Waals surface area contributed by atoms with Gasteiger partial charge in [-0.1, -0.05) is 18.2 Å². The van der Waals surface area contributed by atoms with Crippen LogP contribution in [0.5, 0.6) is 0 Å². The van der Waals surface area contributed by atoms with Gasteiger partial charge in [-0.15, -0.1) is 0 Å². The molecule has 0 aliphatic heterocycles. The highest BCUT2D eigenvalue weighted by Crippen LogP contribution is 2.21. The Kier molecular flexibility index (Phi) is 3.23. The van der Waals surface area contributed by atoms with Crippen LogP contribution in [-0.2, 0) is 4.79 Å². The standard InChI is InChI=1S/C13H15N3O/c1-9(8-13(14)17)16-12-6-7-15-11-5-3-2-4-10(11)12/h2-7,9H,8H2,1H3,(H2,14,17)(H,15,16). The molecule has 2 aromatic rings. The molecular formula is C13H15N3O. The molecule has 2 rings (SSSR count). The SMILES string of the molecule is CC(CC(N)=O)Nc1ccnc2ccccc12. The number of nitrogens with two attached hydrogens (primary N) is 1. The fourth-order valence-electron chi connectivity index (χ4n) is 1.84. The van der Waals surface area contributed by atoms with Gasteiger partial charge in [0.25, 0.3) is 0 Å². The molecular weight excluding hydrogens is 214 g/mol. The molecule has 3 N–H and O–H groups in total. The predicted molar refractivity (Wildman–Crippen MR) is 68.6 cm³/mol. The topological polar surface area (TPSA) is 68.0 Å². The van der Waals surface area contributed by atoms with Crippen LogP contribution >= 0.6 is 0 Å². The highest BCUT2D eigenvalue weighted by molar-refractivity contribution is 5.91. The molecule has 0 radical (unpaired) electrons. The molecule has 0 aliphatic rings. The van der Waals surface area contributed by atoms with Gasteiger partial charge in [-0.05, 0) is 19.1 Å². The van der Waals surface area contributed by atoms with Crippen LogP contribution in [0.1, 0.15) is 13.3 Å². The molecule has 17 heavy (non-hydrogen) atoms. The summed E-state index contributed by atoms with van der Waals surface area (Å²) < 4.78 is 0. The van der Waals surface area contributed by atoms with E-state index in [0.717, 1.165) is 16.6 Å². The van der Waals surface area contributed by atoms with Gasteiger partial charge in [0.2, 0.25) is 5.91 Å². The highest BCUT2D eigenvalue weighted by atomic mass is 16.1. The maximum absolute atomic E-state index is 10.8. The molecule has 0 saturated heterocycles. The molecule has 0 aliphatic carbocycles. The first kappa shape index (κ1) is 11.4. The average molecular weight is 229 g/mol. The van der Waals surface area contributed by atoms with Gasteiger partial charge in [0.15, 0.2) is 0 Å². The van der Waals surface area contributed by atoms with Gasteiger partial charge in [-0.3, -0.25) is 9.78 Å². The van der Waals surface area contributed by atoms with Crippen molar-refractivity contribution in [1.82, 2.24) is 4.98 Å². The number of aromatic nitrogens is 1. The smallest absolute Gasteiger partial charge is 0.219 e. The molecule has 1 heterocycles. The average Bonchev–Trinajstić information content (AvgIpc) is 2.28. The van der Waals surface area contributed by atoms with Crippen molar-refractivity contribution in [1.29, 1.82) is 0 Å². The number of benzene rings is 1. The van der Waals surface area contributed by atoms with E-state index < -0.39 is 0 Å². The number of nitrogens with one attached hydrogen (secondary N) is 1. The van der Waals surface area contributed by atoms with Gasteiger partial charge in [-0.2, -0.15) is 0 Å². The Hall–Kier alpha value is -2.10. The van der Waals surface area contributed by atoms with Crippen LogP contribution in [0.3, 0.4) is 0 Å². The highest BCUT2D eigenvalue weighted by Gasteiger charge is 2.07. The molecule has 1 amide bonds. The lowest BCUT2D eigenvalue weighted by molar-refractivity contribution is -0.118. The van der Waals surface area contributed by atoms with E-state index in [-0.39, 0.29) is 11.9 Å². The van der Waals surface area contributed by atoms with Crippen molar-refractivity contribution < 1.29 is 4.79 Å². The first-order valence-corrected chi connectivity index (χ1v) is 5.55. The zero-order valence-electron chi connectivity index (χ0n) is 9.68. The summed E-state index contributed by atoms with van der Waals surface area (Å²) in [6, 6.07) is 9.79. The molecule has 0 fully saturated rings. The Bertz CT molecular complexity index is 534. The van der Waals surface area contributed by atoms with Crippen molar-refractivity contribution in [2.75, 3.05) is 5.32 Å². The van der Waals surface area contributed by atoms with Gasteiger partial charge in [0.05, 0.1) is 5.52 Å². The van der Waals surface area contributed by atoms with Crippen molar-refractivity contribution in [3.63, 3.8) is 0 Å². The summed E-state index contributed by atoms with van der Waals surface area (Å²) in [5, 5.41) is 4.32. The number of carbonyl (C=O) groups is 1. The van der Waals surface area contributed by atoms with Gasteiger partial charge in [-0.25, -0.2) is 0 Å². The normalized spacial score (nSPS) is 12.3. The minimum absolute atomic E-state index is 0.0123. The molecule has 1 atom stereocenters. The fourth-order valence-corrected chi connectivity index (χ4v) is 1.84. The largest absolute Gasteiger partial charge is 0.381 e. The summed E-state index contributed by atoms with van der Waals surface area (Å²) in [6.45, 7) is 1.93. The molecule has 0 spiro atoms. The number of pyridine rings is 1. The molecule has 1 unspecified atom stereocenters. The second-order valence-electron chi connectivity index (χ2n) is 4.09. The lowest BCUT2D eigenvalue weighted by Gasteiger charge is -2.15. The van der Waals surface area contributed by atoms with Gasteiger partial charge < -0.3 is 11.1 Å². The Morgan fingerprint density at radius 3 is 2.94 bits per heavy atom. The summed E-state index contributed by atoms with van der Waals surface area (Å²) >= 11 is 0. The molecule has 1 aromatic carbocycles. The third-order valence-electron chi connectivity index (χ3n) is 2.56. The van der Waals surface area contributed by atoms with Crippen LogP contribution in [0.2, 0.25) is 0 Å². The zero-order valence-corrected chi connectivity index (χ0v) is 9.68. The molecule has 4 nitrogen and oxygen atoms in total. The monoisotopic (exact) mass is 229 g/mol. The number of rotatable bonds is 4. The molecule has 88 valence electrons. The van der Waals surface area contributed by atoms with Crippen molar-refractivity contribution in [2.45, 2.75) is 19.4 Å². The van der Waals surface area contributed by atoms with Gasteiger partial charge in [0.1, 0.15) is 0 Å². The van der Waals surface area contributed by atoms with E-state index in [1.807, 2.05) is 37.3 Å². The van der Waals surface area contributed by atoms with Crippen LogP contribution in [-0.4, -0.2) is 16.9 Å². The van der Waals surface area contributed by atoms with Crippen LogP contribution in [0, 0.1) is 0 Å².